The zero-order valence-electron chi connectivity index (χ0n) is 13.7. The lowest BCUT2D eigenvalue weighted by Crippen LogP contribution is -2.34. The fourth-order valence-corrected chi connectivity index (χ4v) is 2.67. The van der Waals surface area contributed by atoms with Crippen molar-refractivity contribution in [2.45, 2.75) is 46.8 Å². The average Bonchev–Trinajstić information content (AvgIpc) is 3.05. The number of aromatic nitrogens is 4. The van der Waals surface area contributed by atoms with E-state index in [4.69, 9.17) is 11.6 Å². The van der Waals surface area contributed by atoms with Crippen molar-refractivity contribution in [1.82, 2.24) is 24.5 Å². The van der Waals surface area contributed by atoms with Gasteiger partial charge < -0.3 is 4.90 Å². The zero-order chi connectivity index (χ0) is 16.4. The van der Waals surface area contributed by atoms with Gasteiger partial charge in [0.2, 0.25) is 5.91 Å². The summed E-state index contributed by atoms with van der Waals surface area (Å²) in [5.74, 6) is -0.00822. The molecule has 2 heterocycles. The van der Waals surface area contributed by atoms with Gasteiger partial charge >= 0.3 is 0 Å². The van der Waals surface area contributed by atoms with Crippen LogP contribution in [-0.2, 0) is 17.9 Å². The second-order valence-electron chi connectivity index (χ2n) is 5.44. The quantitative estimate of drug-likeness (QED) is 0.849. The molecule has 2 aromatic heterocycles. The number of hydrogen-bond acceptors (Lipinski definition) is 3. The van der Waals surface area contributed by atoms with E-state index in [-0.39, 0.29) is 5.91 Å². The number of carbonyl (C=O) groups is 1. The van der Waals surface area contributed by atoms with E-state index in [2.05, 4.69) is 10.2 Å². The van der Waals surface area contributed by atoms with Gasteiger partial charge in [0.25, 0.3) is 0 Å². The first kappa shape index (κ1) is 16.5. The molecule has 7 heteroatoms. The number of halogens is 1. The lowest BCUT2D eigenvalue weighted by atomic mass is 10.2. The third-order valence-electron chi connectivity index (χ3n) is 3.84. The van der Waals surface area contributed by atoms with Crippen LogP contribution in [0.25, 0.3) is 0 Å². The van der Waals surface area contributed by atoms with Gasteiger partial charge in [-0.05, 0) is 33.8 Å². The Morgan fingerprint density at radius 3 is 2.68 bits per heavy atom. The predicted molar refractivity (Wildman–Crippen MR) is 85.8 cm³/mol. The number of likely N-dealkylation sites (N-methyl/N-ethyl adjacent to an activating group) is 1. The Bertz CT molecular complexity index is 676. The van der Waals surface area contributed by atoms with E-state index < -0.39 is 6.04 Å². The molecule has 1 atom stereocenters. The summed E-state index contributed by atoms with van der Waals surface area (Å²) in [5, 5.41) is 9.20. The third kappa shape index (κ3) is 3.02. The van der Waals surface area contributed by atoms with Crippen molar-refractivity contribution in [2.75, 3.05) is 7.05 Å². The van der Waals surface area contributed by atoms with Crippen molar-refractivity contribution >= 4 is 17.5 Å². The highest BCUT2D eigenvalue weighted by Gasteiger charge is 2.23. The van der Waals surface area contributed by atoms with Gasteiger partial charge in [-0.1, -0.05) is 11.6 Å². The lowest BCUT2D eigenvalue weighted by molar-refractivity contribution is -0.133. The van der Waals surface area contributed by atoms with E-state index in [9.17, 15) is 4.79 Å². The number of aryl methyl sites for hydroxylation is 2. The summed E-state index contributed by atoms with van der Waals surface area (Å²) in [6, 6.07) is 1.53. The molecular weight excluding hydrogens is 302 g/mol. The molecule has 1 unspecified atom stereocenters. The van der Waals surface area contributed by atoms with Crippen LogP contribution in [0.5, 0.6) is 0 Å². The van der Waals surface area contributed by atoms with Gasteiger partial charge in [0.1, 0.15) is 6.04 Å². The second-order valence-corrected chi connectivity index (χ2v) is 5.82. The summed E-state index contributed by atoms with van der Waals surface area (Å²) in [4.78, 5) is 14.3. The maximum atomic E-state index is 12.6. The minimum Gasteiger partial charge on any atom is -0.338 e. The van der Waals surface area contributed by atoms with Gasteiger partial charge in [0, 0.05) is 19.8 Å². The Balaban J connectivity index is 2.14. The number of hydrogen-bond donors (Lipinski definition) is 0. The summed E-state index contributed by atoms with van der Waals surface area (Å²) in [7, 11) is 1.79. The van der Waals surface area contributed by atoms with Crippen LogP contribution in [0.1, 0.15) is 37.0 Å². The van der Waals surface area contributed by atoms with E-state index in [0.29, 0.717) is 11.6 Å². The van der Waals surface area contributed by atoms with Crippen molar-refractivity contribution in [3.05, 3.63) is 34.4 Å². The Morgan fingerprint density at radius 2 is 2.14 bits per heavy atom. The molecule has 0 saturated heterocycles. The van der Waals surface area contributed by atoms with Crippen LogP contribution in [0.15, 0.2) is 12.3 Å². The largest absolute Gasteiger partial charge is 0.338 e. The Labute approximate surface area is 135 Å². The highest BCUT2D eigenvalue weighted by Crippen LogP contribution is 2.23. The van der Waals surface area contributed by atoms with Crippen LogP contribution in [0.3, 0.4) is 0 Å². The molecule has 2 rings (SSSR count). The minimum absolute atomic E-state index is 0.00822. The molecule has 0 N–H and O–H groups in total. The Morgan fingerprint density at radius 1 is 1.45 bits per heavy atom. The fourth-order valence-electron chi connectivity index (χ4n) is 2.54. The Kier molecular flexibility index (Phi) is 4.90. The van der Waals surface area contributed by atoms with Crippen molar-refractivity contribution in [3.8, 4) is 0 Å². The molecule has 0 aromatic carbocycles. The Hall–Kier alpha value is -1.82. The highest BCUT2D eigenvalue weighted by molar-refractivity contribution is 6.31. The summed E-state index contributed by atoms with van der Waals surface area (Å²) in [6.45, 7) is 8.88. The standard InChI is InChI=1S/C15H22ClN5O/c1-6-20-13(7-8-17-20)9-19(5)15(22)12(4)21-11(3)14(16)10(2)18-21/h7-8,12H,6,9H2,1-5H3. The first-order valence-corrected chi connectivity index (χ1v) is 7.71. The van der Waals surface area contributed by atoms with Gasteiger partial charge in [-0.15, -0.1) is 0 Å². The molecule has 22 heavy (non-hydrogen) atoms. The molecule has 0 aliphatic rings. The molecule has 0 saturated carbocycles. The zero-order valence-corrected chi connectivity index (χ0v) is 14.4. The van der Waals surface area contributed by atoms with E-state index in [0.717, 1.165) is 23.6 Å². The first-order chi connectivity index (χ1) is 10.4. The van der Waals surface area contributed by atoms with Crippen molar-refractivity contribution < 1.29 is 4.79 Å². The lowest BCUT2D eigenvalue weighted by Gasteiger charge is -2.22. The van der Waals surface area contributed by atoms with Gasteiger partial charge in [-0.2, -0.15) is 10.2 Å². The average molecular weight is 324 g/mol. The monoisotopic (exact) mass is 323 g/mol. The molecule has 0 radical (unpaired) electrons. The predicted octanol–water partition coefficient (Wildman–Crippen LogP) is 2.59. The van der Waals surface area contributed by atoms with E-state index in [1.807, 2.05) is 38.4 Å². The molecule has 0 fully saturated rings. The molecule has 6 nitrogen and oxygen atoms in total. The van der Waals surface area contributed by atoms with Crippen molar-refractivity contribution in [2.24, 2.45) is 0 Å². The molecule has 0 spiro atoms. The minimum atomic E-state index is -0.394. The molecule has 2 aromatic rings. The molecule has 1 amide bonds. The number of amides is 1. The van der Waals surface area contributed by atoms with Crippen LogP contribution >= 0.6 is 11.6 Å². The topological polar surface area (TPSA) is 56.0 Å². The SMILES string of the molecule is CCn1nccc1CN(C)C(=O)C(C)n1nc(C)c(Cl)c1C. The number of rotatable bonds is 5. The summed E-state index contributed by atoms with van der Waals surface area (Å²) in [5.41, 5.74) is 2.56. The summed E-state index contributed by atoms with van der Waals surface area (Å²) < 4.78 is 3.57. The van der Waals surface area contributed by atoms with Gasteiger partial charge in [0.05, 0.1) is 28.6 Å². The van der Waals surface area contributed by atoms with Gasteiger partial charge in [-0.25, -0.2) is 0 Å². The van der Waals surface area contributed by atoms with Crippen LogP contribution in [0, 0.1) is 13.8 Å². The van der Waals surface area contributed by atoms with Crippen molar-refractivity contribution in [3.63, 3.8) is 0 Å². The van der Waals surface area contributed by atoms with Gasteiger partial charge in [0.15, 0.2) is 0 Å². The van der Waals surface area contributed by atoms with Crippen LogP contribution < -0.4 is 0 Å². The third-order valence-corrected chi connectivity index (χ3v) is 4.39. The van der Waals surface area contributed by atoms with Crippen LogP contribution in [0.4, 0.5) is 0 Å². The van der Waals surface area contributed by atoms with E-state index in [1.165, 1.54) is 0 Å². The molecule has 0 aliphatic heterocycles. The number of carbonyl (C=O) groups excluding carboxylic acids is 1. The number of nitrogens with zero attached hydrogens (tertiary/aromatic N) is 5. The first-order valence-electron chi connectivity index (χ1n) is 7.33. The van der Waals surface area contributed by atoms with Crippen LogP contribution in [-0.4, -0.2) is 37.4 Å². The molecular formula is C15H22ClN5O. The maximum absolute atomic E-state index is 12.6. The second kappa shape index (κ2) is 6.52. The summed E-state index contributed by atoms with van der Waals surface area (Å²) in [6.07, 6.45) is 1.75. The molecule has 0 aliphatic carbocycles. The maximum Gasteiger partial charge on any atom is 0.247 e. The fraction of sp³-hybridized carbons (Fsp3) is 0.533. The normalized spacial score (nSPS) is 12.5. The van der Waals surface area contributed by atoms with Gasteiger partial charge in [-0.3, -0.25) is 14.2 Å². The van der Waals surface area contributed by atoms with Crippen LogP contribution in [0.2, 0.25) is 5.02 Å². The summed E-state index contributed by atoms with van der Waals surface area (Å²) >= 11 is 6.16. The molecule has 0 bridgehead atoms. The van der Waals surface area contributed by atoms with E-state index in [1.54, 1.807) is 22.8 Å². The molecule has 120 valence electrons. The van der Waals surface area contributed by atoms with Crippen molar-refractivity contribution in [1.29, 1.82) is 0 Å². The highest BCUT2D eigenvalue weighted by atomic mass is 35.5. The van der Waals surface area contributed by atoms with E-state index >= 15 is 0 Å². The smallest absolute Gasteiger partial charge is 0.247 e.